The van der Waals surface area contributed by atoms with Crippen LogP contribution in [0.2, 0.25) is 5.15 Å². The van der Waals surface area contributed by atoms with Crippen molar-refractivity contribution < 1.29 is 0 Å². The van der Waals surface area contributed by atoms with Gasteiger partial charge in [0.05, 0.1) is 5.69 Å². The lowest BCUT2D eigenvalue weighted by atomic mass is 9.83. The molecule has 0 saturated carbocycles. The first kappa shape index (κ1) is 16.8. The summed E-state index contributed by atoms with van der Waals surface area (Å²) in [5.41, 5.74) is 8.76. The van der Waals surface area contributed by atoms with E-state index in [9.17, 15) is 0 Å². The predicted molar refractivity (Wildman–Crippen MR) is 88.8 cm³/mol. The van der Waals surface area contributed by atoms with E-state index in [2.05, 4.69) is 23.8 Å². The number of aryl methyl sites for hydroxylation is 2. The molecule has 21 heavy (non-hydrogen) atoms. The highest BCUT2D eigenvalue weighted by atomic mass is 35.5. The lowest BCUT2D eigenvalue weighted by Crippen LogP contribution is -2.59. The van der Waals surface area contributed by atoms with Crippen LogP contribution in [0.3, 0.4) is 0 Å². The van der Waals surface area contributed by atoms with Gasteiger partial charge in [-0.15, -0.1) is 0 Å². The van der Waals surface area contributed by atoms with Crippen molar-refractivity contribution in [2.75, 3.05) is 13.1 Å². The Morgan fingerprint density at radius 2 is 1.95 bits per heavy atom. The minimum atomic E-state index is 0.0338. The minimum Gasteiger partial charge on any atom is -0.326 e. The average molecular weight is 313 g/mol. The number of halogens is 1. The first-order valence-corrected chi connectivity index (χ1v) is 8.46. The van der Waals surface area contributed by atoms with Crippen molar-refractivity contribution in [1.29, 1.82) is 0 Å². The smallest absolute Gasteiger partial charge is 0.130 e. The van der Waals surface area contributed by atoms with Crippen LogP contribution >= 0.6 is 11.6 Å². The Balaban J connectivity index is 2.17. The number of hydrogen-bond acceptors (Lipinski definition) is 3. The van der Waals surface area contributed by atoms with Gasteiger partial charge in [0.25, 0.3) is 0 Å². The molecular formula is C16H29ClN4. The summed E-state index contributed by atoms with van der Waals surface area (Å²) in [5, 5.41) is 5.12. The van der Waals surface area contributed by atoms with Gasteiger partial charge in [0, 0.05) is 24.2 Å². The van der Waals surface area contributed by atoms with Crippen LogP contribution in [0, 0.1) is 6.92 Å². The molecule has 1 fully saturated rings. The fourth-order valence-electron chi connectivity index (χ4n) is 3.47. The molecule has 2 atom stereocenters. The molecule has 2 N–H and O–H groups in total. The molecule has 2 rings (SSSR count). The van der Waals surface area contributed by atoms with E-state index in [4.69, 9.17) is 17.3 Å². The third-order valence-corrected chi connectivity index (χ3v) is 5.76. The molecule has 5 heteroatoms. The van der Waals surface area contributed by atoms with Crippen molar-refractivity contribution >= 4 is 11.6 Å². The topological polar surface area (TPSA) is 47.1 Å². The maximum Gasteiger partial charge on any atom is 0.130 e. The summed E-state index contributed by atoms with van der Waals surface area (Å²) in [7, 11) is 1.88. The highest BCUT2D eigenvalue weighted by molar-refractivity contribution is 6.30. The van der Waals surface area contributed by atoms with E-state index in [1.165, 1.54) is 19.3 Å². The normalized spacial score (nSPS) is 21.2. The van der Waals surface area contributed by atoms with Gasteiger partial charge in [-0.25, -0.2) is 0 Å². The van der Waals surface area contributed by atoms with Crippen molar-refractivity contribution in [2.24, 2.45) is 12.8 Å². The Morgan fingerprint density at radius 1 is 1.33 bits per heavy atom. The van der Waals surface area contributed by atoms with Crippen LogP contribution in [0.5, 0.6) is 0 Å². The summed E-state index contributed by atoms with van der Waals surface area (Å²) in [6, 6.07) is 0.0704. The van der Waals surface area contributed by atoms with Crippen LogP contribution in [0.4, 0.5) is 0 Å². The molecule has 4 nitrogen and oxygen atoms in total. The number of aromatic nitrogens is 2. The molecule has 0 spiro atoms. The van der Waals surface area contributed by atoms with Gasteiger partial charge in [-0.05, 0) is 52.6 Å². The van der Waals surface area contributed by atoms with Gasteiger partial charge in [0.2, 0.25) is 0 Å². The van der Waals surface area contributed by atoms with Crippen LogP contribution in [-0.2, 0) is 13.5 Å². The van der Waals surface area contributed by atoms with Crippen molar-refractivity contribution in [3.05, 3.63) is 16.4 Å². The molecular weight excluding hydrogens is 284 g/mol. The van der Waals surface area contributed by atoms with Crippen LogP contribution in [0.1, 0.15) is 50.8 Å². The van der Waals surface area contributed by atoms with Crippen molar-refractivity contribution in [3.63, 3.8) is 0 Å². The molecule has 1 aromatic heterocycles. The summed E-state index contributed by atoms with van der Waals surface area (Å²) in [5.74, 6) is 0. The molecule has 0 radical (unpaired) electrons. The number of likely N-dealkylation sites (tertiary alicyclic amines) is 1. The number of nitrogens with zero attached hydrogens (tertiary/aromatic N) is 3. The second-order valence-electron chi connectivity index (χ2n) is 6.55. The summed E-state index contributed by atoms with van der Waals surface area (Å²) in [4.78, 5) is 2.58. The third-order valence-electron chi connectivity index (χ3n) is 5.29. The van der Waals surface area contributed by atoms with Crippen LogP contribution in [-0.4, -0.2) is 39.4 Å². The van der Waals surface area contributed by atoms with Gasteiger partial charge in [0.15, 0.2) is 0 Å². The standard InChI is InChI=1S/C16H29ClN4/c1-5-16(3,21-9-7-6-8-10-21)14(18)11-13-12(2)19-20(4)15(13)17/h14H,5-11,18H2,1-4H3. The number of piperidine rings is 1. The highest BCUT2D eigenvalue weighted by Gasteiger charge is 2.37. The summed E-state index contributed by atoms with van der Waals surface area (Å²) in [6.45, 7) is 8.89. The first-order valence-electron chi connectivity index (χ1n) is 8.08. The van der Waals surface area contributed by atoms with E-state index in [0.29, 0.717) is 0 Å². The lowest BCUT2D eigenvalue weighted by Gasteiger charge is -2.47. The summed E-state index contributed by atoms with van der Waals surface area (Å²) in [6.07, 6.45) is 5.77. The molecule has 2 unspecified atom stereocenters. The molecule has 1 aromatic rings. The third kappa shape index (κ3) is 3.27. The Labute approximate surface area is 133 Å². The van der Waals surface area contributed by atoms with E-state index in [-0.39, 0.29) is 11.6 Å². The maximum atomic E-state index is 6.64. The molecule has 0 aliphatic carbocycles. The summed E-state index contributed by atoms with van der Waals surface area (Å²) >= 11 is 6.37. The number of nitrogens with two attached hydrogens (primary N) is 1. The predicted octanol–water partition coefficient (Wildman–Crippen LogP) is 2.91. The molecule has 120 valence electrons. The van der Waals surface area contributed by atoms with E-state index >= 15 is 0 Å². The largest absolute Gasteiger partial charge is 0.326 e. The van der Waals surface area contributed by atoms with Gasteiger partial charge < -0.3 is 5.73 Å². The summed E-state index contributed by atoms with van der Waals surface area (Å²) < 4.78 is 1.74. The number of rotatable bonds is 5. The zero-order chi connectivity index (χ0) is 15.6. The second kappa shape index (κ2) is 6.67. The molecule has 0 aromatic carbocycles. The Kier molecular flexibility index (Phi) is 5.33. The fraction of sp³-hybridized carbons (Fsp3) is 0.812. The van der Waals surface area contributed by atoms with Crippen molar-refractivity contribution in [1.82, 2.24) is 14.7 Å². The van der Waals surface area contributed by atoms with Gasteiger partial charge in [0.1, 0.15) is 5.15 Å². The molecule has 2 heterocycles. The second-order valence-corrected chi connectivity index (χ2v) is 6.91. The van der Waals surface area contributed by atoms with Gasteiger partial charge in [-0.2, -0.15) is 5.10 Å². The average Bonchev–Trinajstić information content (AvgIpc) is 2.73. The Morgan fingerprint density at radius 3 is 2.43 bits per heavy atom. The van der Waals surface area contributed by atoms with Crippen LogP contribution < -0.4 is 5.73 Å². The fourth-order valence-corrected chi connectivity index (χ4v) is 3.72. The van der Waals surface area contributed by atoms with Crippen LogP contribution in [0.15, 0.2) is 0 Å². The van der Waals surface area contributed by atoms with E-state index in [1.54, 1.807) is 4.68 Å². The monoisotopic (exact) mass is 312 g/mol. The molecule has 1 aliphatic rings. The lowest BCUT2D eigenvalue weighted by molar-refractivity contribution is 0.0546. The molecule has 1 saturated heterocycles. The van der Waals surface area contributed by atoms with E-state index < -0.39 is 0 Å². The Hall–Kier alpha value is -0.580. The highest BCUT2D eigenvalue weighted by Crippen LogP contribution is 2.30. The van der Waals surface area contributed by atoms with Gasteiger partial charge >= 0.3 is 0 Å². The zero-order valence-corrected chi connectivity index (χ0v) is 14.6. The van der Waals surface area contributed by atoms with E-state index in [1.807, 2.05) is 14.0 Å². The molecule has 0 bridgehead atoms. The van der Waals surface area contributed by atoms with Crippen molar-refractivity contribution in [3.8, 4) is 0 Å². The number of hydrogen-bond donors (Lipinski definition) is 1. The maximum absolute atomic E-state index is 6.64. The van der Waals surface area contributed by atoms with Gasteiger partial charge in [-0.1, -0.05) is 24.9 Å². The first-order chi connectivity index (χ1) is 9.90. The zero-order valence-electron chi connectivity index (χ0n) is 13.8. The van der Waals surface area contributed by atoms with Gasteiger partial charge in [-0.3, -0.25) is 9.58 Å². The molecule has 1 aliphatic heterocycles. The SMILES string of the molecule is CCC(C)(C(N)Cc1c(C)nn(C)c1Cl)N1CCCCC1. The van der Waals surface area contributed by atoms with Crippen molar-refractivity contribution in [2.45, 2.75) is 64.5 Å². The quantitative estimate of drug-likeness (QED) is 0.909. The Bertz CT molecular complexity index is 479. The van der Waals surface area contributed by atoms with E-state index in [0.717, 1.165) is 42.3 Å². The molecule has 0 amide bonds. The minimum absolute atomic E-state index is 0.0338. The van der Waals surface area contributed by atoms with Crippen LogP contribution in [0.25, 0.3) is 0 Å².